The molecule has 0 saturated heterocycles. The number of rotatable bonds is 7. The van der Waals surface area contributed by atoms with Gasteiger partial charge in [0.15, 0.2) is 0 Å². The van der Waals surface area contributed by atoms with E-state index in [9.17, 15) is 4.79 Å². The summed E-state index contributed by atoms with van der Waals surface area (Å²) >= 11 is 0. The van der Waals surface area contributed by atoms with Crippen molar-refractivity contribution in [2.45, 2.75) is 26.3 Å². The highest BCUT2D eigenvalue weighted by Crippen LogP contribution is 2.17. The number of carbonyl (C=O) groups excluding carboxylic acids is 1. The lowest BCUT2D eigenvalue weighted by molar-refractivity contribution is 0.0919. The SMILES string of the molecule is COc1ccc(OCCNc2cncc(C(=O)NC(C)(C)C)c2)cc1. The summed E-state index contributed by atoms with van der Waals surface area (Å²) in [6, 6.07) is 9.20. The molecule has 6 nitrogen and oxygen atoms in total. The lowest BCUT2D eigenvalue weighted by Gasteiger charge is -2.20. The Morgan fingerprint density at radius 1 is 1.12 bits per heavy atom. The molecule has 0 radical (unpaired) electrons. The van der Waals surface area contributed by atoms with E-state index in [4.69, 9.17) is 9.47 Å². The van der Waals surface area contributed by atoms with Crippen LogP contribution in [-0.2, 0) is 0 Å². The van der Waals surface area contributed by atoms with Crippen LogP contribution in [0.3, 0.4) is 0 Å². The molecule has 2 aromatic rings. The van der Waals surface area contributed by atoms with Crippen LogP contribution in [-0.4, -0.2) is 36.7 Å². The van der Waals surface area contributed by atoms with Gasteiger partial charge in [-0.05, 0) is 51.1 Å². The van der Waals surface area contributed by atoms with Gasteiger partial charge in [-0.15, -0.1) is 0 Å². The van der Waals surface area contributed by atoms with Gasteiger partial charge in [-0.3, -0.25) is 9.78 Å². The highest BCUT2D eigenvalue weighted by molar-refractivity contribution is 5.95. The molecule has 25 heavy (non-hydrogen) atoms. The number of hydrogen-bond acceptors (Lipinski definition) is 5. The number of aromatic nitrogens is 1. The average Bonchev–Trinajstić information content (AvgIpc) is 2.58. The lowest BCUT2D eigenvalue weighted by atomic mass is 10.1. The molecular formula is C19H25N3O3. The number of pyridine rings is 1. The standard InChI is InChI=1S/C19H25N3O3/c1-19(2,3)22-18(23)14-11-15(13-20-12-14)21-9-10-25-17-7-5-16(24-4)6-8-17/h5-8,11-13,21H,9-10H2,1-4H3,(H,22,23). The number of anilines is 1. The highest BCUT2D eigenvalue weighted by Gasteiger charge is 2.15. The smallest absolute Gasteiger partial charge is 0.253 e. The maximum Gasteiger partial charge on any atom is 0.253 e. The van der Waals surface area contributed by atoms with Crippen LogP contribution in [0.15, 0.2) is 42.7 Å². The van der Waals surface area contributed by atoms with Crippen molar-refractivity contribution in [3.05, 3.63) is 48.3 Å². The largest absolute Gasteiger partial charge is 0.497 e. The molecule has 0 unspecified atom stereocenters. The van der Waals surface area contributed by atoms with E-state index in [1.807, 2.05) is 45.0 Å². The van der Waals surface area contributed by atoms with Crippen LogP contribution in [0, 0.1) is 0 Å². The molecule has 0 aliphatic rings. The average molecular weight is 343 g/mol. The number of carbonyl (C=O) groups is 1. The third kappa shape index (κ3) is 6.33. The van der Waals surface area contributed by atoms with Gasteiger partial charge in [0.05, 0.1) is 18.4 Å². The number of methoxy groups -OCH3 is 1. The Hall–Kier alpha value is -2.76. The van der Waals surface area contributed by atoms with Crippen molar-refractivity contribution in [1.82, 2.24) is 10.3 Å². The Bertz CT molecular complexity index is 694. The topological polar surface area (TPSA) is 72.5 Å². The molecule has 1 aromatic heterocycles. The Morgan fingerprint density at radius 3 is 2.44 bits per heavy atom. The van der Waals surface area contributed by atoms with Crippen molar-refractivity contribution in [3.63, 3.8) is 0 Å². The van der Waals surface area contributed by atoms with Crippen LogP contribution in [0.25, 0.3) is 0 Å². The molecule has 6 heteroatoms. The predicted octanol–water partition coefficient (Wildman–Crippen LogP) is 3.11. The Morgan fingerprint density at radius 2 is 1.80 bits per heavy atom. The van der Waals surface area contributed by atoms with Gasteiger partial charge >= 0.3 is 0 Å². The van der Waals surface area contributed by atoms with E-state index in [1.165, 1.54) is 0 Å². The second-order valence-corrected chi connectivity index (χ2v) is 6.62. The van der Waals surface area contributed by atoms with Gasteiger partial charge in [-0.2, -0.15) is 0 Å². The molecule has 2 N–H and O–H groups in total. The van der Waals surface area contributed by atoms with E-state index >= 15 is 0 Å². The first-order chi connectivity index (χ1) is 11.9. The highest BCUT2D eigenvalue weighted by atomic mass is 16.5. The number of ether oxygens (including phenoxy) is 2. The minimum Gasteiger partial charge on any atom is -0.497 e. The van der Waals surface area contributed by atoms with Crippen molar-refractivity contribution in [2.75, 3.05) is 25.6 Å². The van der Waals surface area contributed by atoms with Gasteiger partial charge in [0.25, 0.3) is 5.91 Å². The molecule has 1 heterocycles. The zero-order valence-corrected chi connectivity index (χ0v) is 15.1. The van der Waals surface area contributed by atoms with Gasteiger partial charge in [0.1, 0.15) is 18.1 Å². The van der Waals surface area contributed by atoms with Gasteiger partial charge < -0.3 is 20.1 Å². The first kappa shape index (κ1) is 18.6. The van der Waals surface area contributed by atoms with Crippen molar-refractivity contribution >= 4 is 11.6 Å². The summed E-state index contributed by atoms with van der Waals surface area (Å²) in [6.45, 7) is 6.91. The molecule has 1 aromatic carbocycles. The molecule has 0 saturated carbocycles. The zero-order chi connectivity index (χ0) is 18.3. The number of amides is 1. The van der Waals surface area contributed by atoms with Crippen molar-refractivity contribution in [2.24, 2.45) is 0 Å². The van der Waals surface area contributed by atoms with Crippen LogP contribution in [0.5, 0.6) is 11.5 Å². The summed E-state index contributed by atoms with van der Waals surface area (Å²) in [5.74, 6) is 1.43. The normalized spacial score (nSPS) is 10.9. The van der Waals surface area contributed by atoms with Crippen LogP contribution in [0.4, 0.5) is 5.69 Å². The van der Waals surface area contributed by atoms with E-state index in [1.54, 1.807) is 25.6 Å². The van der Waals surface area contributed by atoms with Crippen LogP contribution in [0.1, 0.15) is 31.1 Å². The van der Waals surface area contributed by atoms with E-state index in [0.717, 1.165) is 17.2 Å². The Labute approximate surface area is 148 Å². The lowest BCUT2D eigenvalue weighted by Crippen LogP contribution is -2.40. The molecule has 1 amide bonds. The fraction of sp³-hybridized carbons (Fsp3) is 0.368. The minimum absolute atomic E-state index is 0.141. The maximum atomic E-state index is 12.2. The summed E-state index contributed by atoms with van der Waals surface area (Å²) in [7, 11) is 1.63. The second-order valence-electron chi connectivity index (χ2n) is 6.62. The van der Waals surface area contributed by atoms with Crippen molar-refractivity contribution < 1.29 is 14.3 Å². The van der Waals surface area contributed by atoms with E-state index in [0.29, 0.717) is 18.7 Å². The van der Waals surface area contributed by atoms with Crippen LogP contribution >= 0.6 is 0 Å². The fourth-order valence-electron chi connectivity index (χ4n) is 2.11. The fourth-order valence-corrected chi connectivity index (χ4v) is 2.11. The third-order valence-electron chi connectivity index (χ3n) is 3.25. The van der Waals surface area contributed by atoms with Gasteiger partial charge in [-0.25, -0.2) is 0 Å². The van der Waals surface area contributed by atoms with Crippen molar-refractivity contribution in [1.29, 1.82) is 0 Å². The van der Waals surface area contributed by atoms with Crippen LogP contribution in [0.2, 0.25) is 0 Å². The maximum absolute atomic E-state index is 12.2. The Balaban J connectivity index is 1.82. The van der Waals surface area contributed by atoms with Gasteiger partial charge in [-0.1, -0.05) is 0 Å². The summed E-state index contributed by atoms with van der Waals surface area (Å²) in [6.07, 6.45) is 3.24. The predicted molar refractivity (Wildman–Crippen MR) is 98.4 cm³/mol. The van der Waals surface area contributed by atoms with E-state index in [-0.39, 0.29) is 11.4 Å². The molecule has 0 fully saturated rings. The molecule has 0 bridgehead atoms. The van der Waals surface area contributed by atoms with Gasteiger partial charge in [0.2, 0.25) is 0 Å². The quantitative estimate of drug-likeness (QED) is 0.756. The molecule has 0 atom stereocenters. The summed E-state index contributed by atoms with van der Waals surface area (Å²) in [5.41, 5.74) is 1.02. The molecular weight excluding hydrogens is 318 g/mol. The molecule has 134 valence electrons. The molecule has 2 rings (SSSR count). The summed E-state index contributed by atoms with van der Waals surface area (Å²) < 4.78 is 10.8. The third-order valence-corrected chi connectivity index (χ3v) is 3.25. The molecule has 0 spiro atoms. The number of benzene rings is 1. The van der Waals surface area contributed by atoms with Crippen molar-refractivity contribution in [3.8, 4) is 11.5 Å². The second kappa shape index (κ2) is 8.37. The van der Waals surface area contributed by atoms with Gasteiger partial charge in [0, 0.05) is 24.5 Å². The zero-order valence-electron chi connectivity index (χ0n) is 15.1. The number of hydrogen-bond donors (Lipinski definition) is 2. The summed E-state index contributed by atoms with van der Waals surface area (Å²) in [4.78, 5) is 16.3. The monoisotopic (exact) mass is 343 g/mol. The number of nitrogens with zero attached hydrogens (tertiary/aromatic N) is 1. The molecule has 0 aliphatic heterocycles. The van der Waals surface area contributed by atoms with E-state index < -0.39 is 0 Å². The first-order valence-electron chi connectivity index (χ1n) is 8.16. The number of nitrogens with one attached hydrogen (secondary N) is 2. The molecule has 0 aliphatic carbocycles. The Kier molecular flexibility index (Phi) is 6.22. The summed E-state index contributed by atoms with van der Waals surface area (Å²) in [5, 5.41) is 6.12. The van der Waals surface area contributed by atoms with E-state index in [2.05, 4.69) is 15.6 Å². The first-order valence-corrected chi connectivity index (χ1v) is 8.16. The van der Waals surface area contributed by atoms with Crippen LogP contribution < -0.4 is 20.1 Å². The minimum atomic E-state index is -0.285.